The number of ether oxygens (including phenoxy) is 1. The quantitative estimate of drug-likeness (QED) is 0.143. The third-order valence-corrected chi connectivity index (χ3v) is 7.53. The molecule has 0 N–H and O–H groups in total. The smallest absolute Gasteiger partial charge is 0.748 e. The molecule has 23 heavy (non-hydrogen) atoms. The molecule has 0 aromatic carbocycles. The topological polar surface area (TPSA) is 111 Å². The van der Waals surface area contributed by atoms with E-state index < -0.39 is 24.7 Å². The second-order valence-electron chi connectivity index (χ2n) is 4.24. The molecule has 0 fully saturated rings. The van der Waals surface area contributed by atoms with Crippen LogP contribution in [0.2, 0.25) is 6.04 Å². The first kappa shape index (κ1) is 26.1. The van der Waals surface area contributed by atoms with Crippen molar-refractivity contribution in [1.82, 2.24) is 0 Å². The number of esters is 1. The summed E-state index contributed by atoms with van der Waals surface area (Å²) in [4.78, 5) is 11.4. The summed E-state index contributed by atoms with van der Waals surface area (Å²) >= 11 is 1.23. The Labute approximate surface area is 165 Å². The fraction of sp³-hybridized carbons (Fsp3) is 0.909. The molecule has 0 heterocycles. The van der Waals surface area contributed by atoms with Gasteiger partial charge in [0.05, 0.1) is 23.1 Å². The fourth-order valence-corrected chi connectivity index (χ4v) is 5.01. The number of thioether (sulfide) groups is 1. The molecule has 132 valence electrons. The maximum Gasteiger partial charge on any atom is 1.00 e. The molecule has 0 aliphatic carbocycles. The van der Waals surface area contributed by atoms with Crippen LogP contribution >= 0.6 is 11.8 Å². The van der Waals surface area contributed by atoms with Gasteiger partial charge in [-0.15, -0.1) is 0 Å². The van der Waals surface area contributed by atoms with Crippen LogP contribution in [0.15, 0.2) is 0 Å². The van der Waals surface area contributed by atoms with Crippen molar-refractivity contribution in [2.45, 2.75) is 18.9 Å². The van der Waals surface area contributed by atoms with E-state index in [0.717, 1.165) is 0 Å². The summed E-state index contributed by atoms with van der Waals surface area (Å²) in [6.45, 7) is 0.239. The molecule has 8 nitrogen and oxygen atoms in total. The summed E-state index contributed by atoms with van der Waals surface area (Å²) in [7, 11) is -2.25. The standard InChI is InChI=1S/C11H24O8S2Si.Na/c1-16-22(17-2,18-3)10-4-6-19-11(12)5-7-20-8-9-21(13,14)15;/h4-10H2,1-3H3,(H,13,14,15);/q;+1/p-1. The zero-order valence-electron chi connectivity index (χ0n) is 14.0. The Morgan fingerprint density at radius 1 is 1.13 bits per heavy atom. The van der Waals surface area contributed by atoms with Gasteiger partial charge in [0.2, 0.25) is 0 Å². The van der Waals surface area contributed by atoms with Gasteiger partial charge in [0.15, 0.2) is 0 Å². The van der Waals surface area contributed by atoms with E-state index in [9.17, 15) is 17.8 Å². The molecule has 0 radical (unpaired) electrons. The van der Waals surface area contributed by atoms with Gasteiger partial charge in [-0.3, -0.25) is 4.79 Å². The minimum atomic E-state index is -4.18. The molecule has 0 aliphatic heterocycles. The van der Waals surface area contributed by atoms with E-state index in [-0.39, 0.29) is 54.3 Å². The van der Waals surface area contributed by atoms with Gasteiger partial charge in [0, 0.05) is 44.6 Å². The zero-order chi connectivity index (χ0) is 17.1. The van der Waals surface area contributed by atoms with Crippen LogP contribution < -0.4 is 29.6 Å². The van der Waals surface area contributed by atoms with E-state index in [4.69, 9.17) is 18.0 Å². The Kier molecular flexibility index (Phi) is 15.9. The number of hydrogen-bond donors (Lipinski definition) is 0. The Morgan fingerprint density at radius 3 is 2.17 bits per heavy atom. The van der Waals surface area contributed by atoms with Crippen LogP contribution in [0.5, 0.6) is 0 Å². The van der Waals surface area contributed by atoms with Crippen LogP contribution in [-0.4, -0.2) is 72.9 Å². The monoisotopic (exact) mass is 398 g/mol. The van der Waals surface area contributed by atoms with Gasteiger partial charge >= 0.3 is 44.3 Å². The van der Waals surface area contributed by atoms with Gasteiger partial charge in [0.25, 0.3) is 0 Å². The summed E-state index contributed by atoms with van der Waals surface area (Å²) in [6.07, 6.45) is 0.736. The molecule has 0 spiro atoms. The molecule has 0 saturated carbocycles. The Hall–Kier alpha value is 0.827. The minimum Gasteiger partial charge on any atom is -0.748 e. The maximum atomic E-state index is 11.4. The van der Waals surface area contributed by atoms with Crippen LogP contribution in [-0.2, 0) is 32.9 Å². The Bertz CT molecular complexity index is 408. The molecule has 0 aromatic heterocycles. The molecular weight excluding hydrogens is 375 g/mol. The van der Waals surface area contributed by atoms with Crippen molar-refractivity contribution >= 4 is 36.7 Å². The average Bonchev–Trinajstić information content (AvgIpc) is 2.47. The van der Waals surface area contributed by atoms with E-state index in [1.807, 2.05) is 0 Å². The van der Waals surface area contributed by atoms with Gasteiger partial charge in [-0.1, -0.05) is 0 Å². The minimum absolute atomic E-state index is 0. The van der Waals surface area contributed by atoms with Crippen LogP contribution in [0, 0.1) is 0 Å². The van der Waals surface area contributed by atoms with Gasteiger partial charge in [0.1, 0.15) is 0 Å². The van der Waals surface area contributed by atoms with Crippen molar-refractivity contribution in [3.63, 3.8) is 0 Å². The van der Waals surface area contributed by atoms with Crippen molar-refractivity contribution in [2.24, 2.45) is 0 Å². The maximum absolute atomic E-state index is 11.4. The zero-order valence-corrected chi connectivity index (χ0v) is 18.7. The molecule has 0 bridgehead atoms. The second kappa shape index (κ2) is 14.0. The molecule has 0 amide bonds. The molecule has 0 rings (SSSR count). The van der Waals surface area contributed by atoms with Crippen LogP contribution in [0.3, 0.4) is 0 Å². The van der Waals surface area contributed by atoms with Crippen molar-refractivity contribution in [1.29, 1.82) is 0 Å². The summed E-state index contributed by atoms with van der Waals surface area (Å²) in [6, 6.07) is 0.542. The predicted octanol–water partition coefficient (Wildman–Crippen LogP) is -2.53. The van der Waals surface area contributed by atoms with Crippen LogP contribution in [0.1, 0.15) is 12.8 Å². The van der Waals surface area contributed by atoms with E-state index in [0.29, 0.717) is 18.2 Å². The van der Waals surface area contributed by atoms with Crippen LogP contribution in [0.4, 0.5) is 0 Å². The van der Waals surface area contributed by atoms with E-state index in [1.54, 1.807) is 0 Å². The third kappa shape index (κ3) is 13.8. The van der Waals surface area contributed by atoms with Gasteiger partial charge in [-0.25, -0.2) is 8.42 Å². The molecule has 0 aliphatic rings. The Morgan fingerprint density at radius 2 is 1.70 bits per heavy atom. The SMILES string of the molecule is CO[Si](CCCOC(=O)CCSCCS(=O)(=O)[O-])(OC)OC.[Na+]. The first-order valence-corrected chi connectivity index (χ1v) is 11.3. The number of rotatable bonds is 13. The van der Waals surface area contributed by atoms with Crippen molar-refractivity contribution in [3.8, 4) is 0 Å². The average molecular weight is 399 g/mol. The first-order valence-electron chi connectivity index (χ1n) is 6.61. The number of carbonyl (C=O) groups excluding carboxylic acids is 1. The van der Waals surface area contributed by atoms with Gasteiger partial charge in [-0.2, -0.15) is 11.8 Å². The number of carbonyl (C=O) groups is 1. The summed E-state index contributed by atoms with van der Waals surface area (Å²) in [5, 5.41) is 0. The second-order valence-corrected chi connectivity index (χ2v) is 10.1. The molecule has 12 heteroatoms. The molecule has 0 unspecified atom stereocenters. The van der Waals surface area contributed by atoms with Crippen LogP contribution in [0.25, 0.3) is 0 Å². The van der Waals surface area contributed by atoms with Crippen molar-refractivity contribution in [3.05, 3.63) is 0 Å². The van der Waals surface area contributed by atoms with E-state index in [2.05, 4.69) is 0 Å². The van der Waals surface area contributed by atoms with E-state index >= 15 is 0 Å². The van der Waals surface area contributed by atoms with Crippen molar-refractivity contribution < 1.29 is 65.3 Å². The largest absolute Gasteiger partial charge is 1.00 e. The van der Waals surface area contributed by atoms with Gasteiger partial charge in [-0.05, 0) is 6.42 Å². The van der Waals surface area contributed by atoms with Gasteiger partial charge < -0.3 is 22.6 Å². The summed E-state index contributed by atoms with van der Waals surface area (Å²) in [5.41, 5.74) is 0. The third-order valence-electron chi connectivity index (χ3n) is 2.75. The summed E-state index contributed by atoms with van der Waals surface area (Å²) < 4.78 is 51.9. The fourth-order valence-electron chi connectivity index (χ4n) is 1.52. The predicted molar refractivity (Wildman–Crippen MR) is 83.7 cm³/mol. The number of hydrogen-bond acceptors (Lipinski definition) is 9. The summed E-state index contributed by atoms with van der Waals surface area (Å²) in [5.74, 6) is -0.189. The molecule has 0 aromatic rings. The normalized spacial score (nSPS) is 11.8. The van der Waals surface area contributed by atoms with E-state index in [1.165, 1.54) is 33.1 Å². The molecule has 0 saturated heterocycles. The Balaban J connectivity index is 0. The first-order chi connectivity index (χ1) is 10.3. The van der Waals surface area contributed by atoms with Crippen molar-refractivity contribution in [2.75, 3.05) is 45.2 Å². The molecular formula is C11H23NaO8S2Si. The molecule has 0 atom stereocenters.